The lowest BCUT2D eigenvalue weighted by atomic mass is 9.91. The van der Waals surface area contributed by atoms with Gasteiger partial charge in [-0.3, -0.25) is 4.90 Å². The number of carbonyl (C=O) groups is 2. The van der Waals surface area contributed by atoms with Crippen molar-refractivity contribution in [3.8, 4) is 0 Å². The van der Waals surface area contributed by atoms with Gasteiger partial charge in [0.2, 0.25) is 5.95 Å². The Morgan fingerprint density at radius 3 is 2.76 bits per heavy atom. The third-order valence-electron chi connectivity index (χ3n) is 5.96. The Morgan fingerprint density at radius 2 is 2.09 bits per heavy atom. The number of carboxylic acids is 2. The number of nitrogens with one attached hydrogen (secondary N) is 1. The number of β-amino-alcohol motifs (C(OH)–C–C–N with tert-alkyl or cyclic N) is 1. The second kappa shape index (κ2) is 10.1. The maximum absolute atomic E-state index is 11.9. The van der Waals surface area contributed by atoms with Crippen molar-refractivity contribution < 1.29 is 29.3 Å². The molecular formula is C23H27N5O6. The molecule has 2 unspecified atom stereocenters. The SMILES string of the molecule is Cc1ncc(Cn2c(NC3CCN(CCO)C(/C(=C/C(=O)O)C(=O)O)C3)nc3ccccc32)o1. The summed E-state index contributed by atoms with van der Waals surface area (Å²) in [5, 5.41) is 31.7. The quantitative estimate of drug-likeness (QED) is 0.341. The summed E-state index contributed by atoms with van der Waals surface area (Å²) in [6, 6.07) is 6.87. The van der Waals surface area contributed by atoms with Gasteiger partial charge in [-0.15, -0.1) is 0 Å². The summed E-state index contributed by atoms with van der Waals surface area (Å²) in [6.07, 6.45) is 3.42. The number of carboxylic acid groups (broad SMARTS) is 2. The van der Waals surface area contributed by atoms with Crippen LogP contribution in [0.3, 0.4) is 0 Å². The monoisotopic (exact) mass is 469 g/mol. The van der Waals surface area contributed by atoms with Crippen molar-refractivity contribution in [2.75, 3.05) is 25.0 Å². The minimum atomic E-state index is -1.32. The molecule has 1 aromatic carbocycles. The zero-order valence-electron chi connectivity index (χ0n) is 18.7. The molecule has 3 heterocycles. The van der Waals surface area contributed by atoms with Gasteiger partial charge in [0.05, 0.1) is 36.0 Å². The summed E-state index contributed by atoms with van der Waals surface area (Å²) in [5.74, 6) is -0.755. The molecule has 1 fully saturated rings. The van der Waals surface area contributed by atoms with Gasteiger partial charge in [0.25, 0.3) is 0 Å². The molecular weight excluding hydrogens is 442 g/mol. The van der Waals surface area contributed by atoms with E-state index in [1.54, 1.807) is 18.0 Å². The van der Waals surface area contributed by atoms with E-state index in [9.17, 15) is 24.9 Å². The summed E-state index contributed by atoms with van der Waals surface area (Å²) in [6.45, 7) is 2.79. The van der Waals surface area contributed by atoms with Crippen LogP contribution in [0.2, 0.25) is 0 Å². The molecule has 4 N–H and O–H groups in total. The van der Waals surface area contributed by atoms with E-state index in [-0.39, 0.29) is 24.8 Å². The first-order valence-corrected chi connectivity index (χ1v) is 11.0. The normalized spacial score (nSPS) is 19.4. The molecule has 1 aliphatic heterocycles. The van der Waals surface area contributed by atoms with Crippen molar-refractivity contribution in [1.82, 2.24) is 19.4 Å². The van der Waals surface area contributed by atoms with E-state index in [4.69, 9.17) is 9.40 Å². The Labute approximate surface area is 195 Å². The summed E-state index contributed by atoms with van der Waals surface area (Å²) in [7, 11) is 0. The molecule has 34 heavy (non-hydrogen) atoms. The highest BCUT2D eigenvalue weighted by Crippen LogP contribution is 2.28. The van der Waals surface area contributed by atoms with Crippen molar-refractivity contribution in [2.45, 2.75) is 38.4 Å². The maximum Gasteiger partial charge on any atom is 0.333 e. The van der Waals surface area contributed by atoms with Crippen molar-refractivity contribution in [3.63, 3.8) is 0 Å². The van der Waals surface area contributed by atoms with Crippen LogP contribution in [-0.2, 0) is 16.1 Å². The van der Waals surface area contributed by atoms with Crippen LogP contribution in [0.1, 0.15) is 24.5 Å². The lowest BCUT2D eigenvalue weighted by Gasteiger charge is -2.39. The van der Waals surface area contributed by atoms with Crippen molar-refractivity contribution in [3.05, 3.63) is 53.8 Å². The van der Waals surface area contributed by atoms with Crippen LogP contribution >= 0.6 is 0 Å². The van der Waals surface area contributed by atoms with Gasteiger partial charge in [-0.1, -0.05) is 12.1 Å². The van der Waals surface area contributed by atoms with Crippen molar-refractivity contribution in [1.29, 1.82) is 0 Å². The van der Waals surface area contributed by atoms with Gasteiger partial charge in [-0.2, -0.15) is 0 Å². The first kappa shape index (κ1) is 23.5. The Bertz CT molecular complexity index is 1220. The predicted molar refractivity (Wildman–Crippen MR) is 123 cm³/mol. The lowest BCUT2D eigenvalue weighted by molar-refractivity contribution is -0.136. The predicted octanol–water partition coefficient (Wildman–Crippen LogP) is 1.71. The average Bonchev–Trinajstić information content (AvgIpc) is 3.36. The van der Waals surface area contributed by atoms with Crippen molar-refractivity contribution in [2.24, 2.45) is 0 Å². The number of aromatic nitrogens is 3. The number of aliphatic hydroxyl groups excluding tert-OH is 1. The van der Waals surface area contributed by atoms with Crippen LogP contribution in [0.25, 0.3) is 11.0 Å². The van der Waals surface area contributed by atoms with Crippen LogP contribution in [-0.4, -0.2) is 78.5 Å². The molecule has 0 spiro atoms. The van der Waals surface area contributed by atoms with E-state index in [2.05, 4.69) is 10.3 Å². The Balaban J connectivity index is 1.63. The fourth-order valence-electron chi connectivity index (χ4n) is 4.46. The number of benzene rings is 1. The number of aryl methyl sites for hydroxylation is 1. The molecule has 180 valence electrons. The smallest absolute Gasteiger partial charge is 0.333 e. The number of fused-ring (bicyclic) bond motifs is 1. The van der Waals surface area contributed by atoms with Crippen LogP contribution in [0.5, 0.6) is 0 Å². The molecule has 0 radical (unpaired) electrons. The average molecular weight is 469 g/mol. The number of hydrogen-bond acceptors (Lipinski definition) is 8. The van der Waals surface area contributed by atoms with Crippen LogP contribution in [0.4, 0.5) is 5.95 Å². The number of para-hydroxylation sites is 2. The van der Waals surface area contributed by atoms with E-state index >= 15 is 0 Å². The largest absolute Gasteiger partial charge is 0.478 e. The molecule has 4 rings (SSSR count). The number of piperidine rings is 1. The lowest BCUT2D eigenvalue weighted by Crippen LogP contribution is -2.49. The third-order valence-corrected chi connectivity index (χ3v) is 5.96. The summed E-state index contributed by atoms with van der Waals surface area (Å²) in [4.78, 5) is 33.8. The fraction of sp³-hybridized carbons (Fsp3) is 0.391. The molecule has 2 atom stereocenters. The van der Waals surface area contributed by atoms with Crippen LogP contribution in [0, 0.1) is 6.92 Å². The van der Waals surface area contributed by atoms with Gasteiger partial charge in [0.15, 0.2) is 5.89 Å². The first-order valence-electron chi connectivity index (χ1n) is 11.0. The summed E-state index contributed by atoms with van der Waals surface area (Å²) in [5.41, 5.74) is 1.50. The molecule has 1 saturated heterocycles. The zero-order chi connectivity index (χ0) is 24.2. The number of rotatable bonds is 9. The van der Waals surface area contributed by atoms with Gasteiger partial charge >= 0.3 is 11.9 Å². The minimum Gasteiger partial charge on any atom is -0.478 e. The molecule has 0 bridgehead atoms. The topological polar surface area (TPSA) is 154 Å². The standard InChI is InChI=1S/C23H27N5O6/c1-14-24-12-16(34-14)13-28-19-5-3-2-4-18(19)26-23(28)25-15-6-7-27(8-9-29)20(10-15)17(22(32)33)11-21(30)31/h2-5,11-12,15,20,29H,6-10,13H2,1H3,(H,25,26)(H,30,31)(H,32,33)/b17-11-. The molecule has 0 aliphatic carbocycles. The van der Waals surface area contributed by atoms with Gasteiger partial charge < -0.3 is 29.6 Å². The minimum absolute atomic E-state index is 0.152. The number of aliphatic hydroxyl groups is 1. The molecule has 11 heteroatoms. The van der Waals surface area contributed by atoms with E-state index in [1.807, 2.05) is 28.8 Å². The zero-order valence-corrected chi connectivity index (χ0v) is 18.7. The van der Waals surface area contributed by atoms with Crippen LogP contribution < -0.4 is 5.32 Å². The number of hydrogen-bond donors (Lipinski definition) is 4. The third kappa shape index (κ3) is 5.10. The number of nitrogens with zero attached hydrogens (tertiary/aromatic N) is 4. The van der Waals surface area contributed by atoms with Gasteiger partial charge in [-0.05, 0) is 25.0 Å². The van der Waals surface area contributed by atoms with Crippen LogP contribution in [0.15, 0.2) is 46.5 Å². The van der Waals surface area contributed by atoms with E-state index in [0.29, 0.717) is 43.5 Å². The van der Waals surface area contributed by atoms with Gasteiger partial charge in [-0.25, -0.2) is 19.6 Å². The molecule has 0 amide bonds. The Hall–Kier alpha value is -3.70. The highest BCUT2D eigenvalue weighted by atomic mass is 16.4. The molecule has 3 aromatic rings. The summed E-state index contributed by atoms with van der Waals surface area (Å²) < 4.78 is 7.64. The molecule has 0 saturated carbocycles. The van der Waals surface area contributed by atoms with Gasteiger partial charge in [0.1, 0.15) is 5.76 Å². The van der Waals surface area contributed by atoms with E-state index in [1.165, 1.54) is 0 Å². The highest BCUT2D eigenvalue weighted by Gasteiger charge is 2.34. The number of anilines is 1. The van der Waals surface area contributed by atoms with E-state index in [0.717, 1.165) is 17.1 Å². The van der Waals surface area contributed by atoms with Crippen molar-refractivity contribution >= 4 is 28.9 Å². The molecule has 1 aliphatic rings. The van der Waals surface area contributed by atoms with Gasteiger partial charge in [0, 0.05) is 38.2 Å². The first-order chi connectivity index (χ1) is 16.4. The van der Waals surface area contributed by atoms with E-state index < -0.39 is 18.0 Å². The second-order valence-electron chi connectivity index (χ2n) is 8.24. The molecule has 11 nitrogen and oxygen atoms in total. The second-order valence-corrected chi connectivity index (χ2v) is 8.24. The number of aliphatic carboxylic acids is 2. The number of oxazole rings is 1. The molecule has 2 aromatic heterocycles. The fourth-order valence-corrected chi connectivity index (χ4v) is 4.46. The number of imidazole rings is 1. The number of likely N-dealkylation sites (tertiary alicyclic amines) is 1. The Kier molecular flexibility index (Phi) is 6.94. The summed E-state index contributed by atoms with van der Waals surface area (Å²) >= 11 is 0. The highest BCUT2D eigenvalue weighted by molar-refractivity contribution is 5.95. The maximum atomic E-state index is 11.9. The Morgan fingerprint density at radius 1 is 1.29 bits per heavy atom.